The summed E-state index contributed by atoms with van der Waals surface area (Å²) in [6.07, 6.45) is 5.43. The highest BCUT2D eigenvalue weighted by molar-refractivity contribution is 5.86. The SMILES string of the molecule is Cn1cc(-c2ccc3c(=O)[nH]ccc3c2)cn1. The molecule has 2 heterocycles. The zero-order valence-electron chi connectivity index (χ0n) is 9.34. The summed E-state index contributed by atoms with van der Waals surface area (Å²) in [5.74, 6) is 0. The van der Waals surface area contributed by atoms with Crippen LogP contribution in [0.2, 0.25) is 0 Å². The first kappa shape index (κ1) is 9.84. The van der Waals surface area contributed by atoms with Crippen LogP contribution >= 0.6 is 0 Å². The summed E-state index contributed by atoms with van der Waals surface area (Å²) in [6, 6.07) is 7.68. The third kappa shape index (κ3) is 1.63. The molecule has 4 heteroatoms. The Morgan fingerprint density at radius 3 is 2.88 bits per heavy atom. The zero-order valence-corrected chi connectivity index (χ0v) is 9.34. The van der Waals surface area contributed by atoms with Crippen LogP contribution in [-0.4, -0.2) is 14.8 Å². The number of hydrogen-bond donors (Lipinski definition) is 1. The monoisotopic (exact) mass is 225 g/mol. The summed E-state index contributed by atoms with van der Waals surface area (Å²) in [5, 5.41) is 5.79. The van der Waals surface area contributed by atoms with Crippen LogP contribution in [0.4, 0.5) is 0 Å². The maximum Gasteiger partial charge on any atom is 0.255 e. The number of aryl methyl sites for hydroxylation is 1. The number of H-pyrrole nitrogens is 1. The van der Waals surface area contributed by atoms with Gasteiger partial charge in [-0.25, -0.2) is 0 Å². The standard InChI is InChI=1S/C13H11N3O/c1-16-8-11(7-15-16)9-2-3-12-10(6-9)4-5-14-13(12)17/h2-8H,1H3,(H,14,17). The average Bonchev–Trinajstić information content (AvgIpc) is 2.76. The zero-order chi connectivity index (χ0) is 11.8. The van der Waals surface area contributed by atoms with Gasteiger partial charge in [-0.2, -0.15) is 5.10 Å². The van der Waals surface area contributed by atoms with Crippen LogP contribution < -0.4 is 5.56 Å². The fraction of sp³-hybridized carbons (Fsp3) is 0.0769. The highest BCUT2D eigenvalue weighted by Crippen LogP contribution is 2.21. The molecule has 0 unspecified atom stereocenters. The lowest BCUT2D eigenvalue weighted by Crippen LogP contribution is -2.03. The van der Waals surface area contributed by atoms with Crippen LogP contribution in [0.5, 0.6) is 0 Å². The first-order valence-corrected chi connectivity index (χ1v) is 5.34. The van der Waals surface area contributed by atoms with Crippen molar-refractivity contribution in [3.05, 3.63) is 53.2 Å². The van der Waals surface area contributed by atoms with Crippen LogP contribution in [0.25, 0.3) is 21.9 Å². The Kier molecular flexibility index (Phi) is 2.08. The minimum absolute atomic E-state index is 0.0553. The quantitative estimate of drug-likeness (QED) is 0.688. The van der Waals surface area contributed by atoms with Crippen molar-refractivity contribution < 1.29 is 0 Å². The number of hydrogen-bond acceptors (Lipinski definition) is 2. The van der Waals surface area contributed by atoms with Crippen molar-refractivity contribution in [2.45, 2.75) is 0 Å². The van der Waals surface area contributed by atoms with Crippen molar-refractivity contribution in [3.8, 4) is 11.1 Å². The maximum atomic E-state index is 11.6. The van der Waals surface area contributed by atoms with Gasteiger partial charge in [-0.3, -0.25) is 9.48 Å². The van der Waals surface area contributed by atoms with Gasteiger partial charge in [0.1, 0.15) is 0 Å². The Morgan fingerprint density at radius 2 is 2.12 bits per heavy atom. The molecule has 1 aromatic carbocycles. The first-order valence-electron chi connectivity index (χ1n) is 5.34. The third-order valence-corrected chi connectivity index (χ3v) is 2.81. The lowest BCUT2D eigenvalue weighted by atomic mass is 10.1. The molecule has 3 rings (SSSR count). The van der Waals surface area contributed by atoms with E-state index in [9.17, 15) is 4.79 Å². The van der Waals surface area contributed by atoms with Crippen molar-refractivity contribution in [3.63, 3.8) is 0 Å². The lowest BCUT2D eigenvalue weighted by molar-refractivity contribution is 0.768. The summed E-state index contributed by atoms with van der Waals surface area (Å²) in [5.41, 5.74) is 2.06. The Bertz CT molecular complexity index is 740. The van der Waals surface area contributed by atoms with Gasteiger partial charge in [-0.05, 0) is 29.1 Å². The maximum absolute atomic E-state index is 11.6. The number of benzene rings is 1. The minimum atomic E-state index is -0.0553. The summed E-state index contributed by atoms with van der Waals surface area (Å²) in [6.45, 7) is 0. The topological polar surface area (TPSA) is 50.7 Å². The molecule has 0 saturated heterocycles. The molecule has 0 saturated carbocycles. The number of fused-ring (bicyclic) bond motifs is 1. The molecular formula is C13H11N3O. The molecule has 17 heavy (non-hydrogen) atoms. The molecule has 0 fully saturated rings. The summed E-state index contributed by atoms with van der Waals surface area (Å²) < 4.78 is 1.76. The van der Waals surface area contributed by atoms with Gasteiger partial charge in [-0.15, -0.1) is 0 Å². The normalized spacial score (nSPS) is 10.9. The second-order valence-corrected chi connectivity index (χ2v) is 4.01. The molecule has 0 aliphatic rings. The van der Waals surface area contributed by atoms with Gasteiger partial charge >= 0.3 is 0 Å². The van der Waals surface area contributed by atoms with Gasteiger partial charge in [0.05, 0.1) is 6.20 Å². The van der Waals surface area contributed by atoms with Crippen LogP contribution in [0.15, 0.2) is 47.7 Å². The molecule has 0 atom stereocenters. The molecule has 0 amide bonds. The van der Waals surface area contributed by atoms with E-state index in [0.29, 0.717) is 5.39 Å². The average molecular weight is 225 g/mol. The van der Waals surface area contributed by atoms with Gasteiger partial charge in [0, 0.05) is 30.4 Å². The molecule has 3 aromatic rings. The van der Waals surface area contributed by atoms with Crippen molar-refractivity contribution in [2.75, 3.05) is 0 Å². The number of pyridine rings is 1. The second-order valence-electron chi connectivity index (χ2n) is 4.01. The predicted octanol–water partition coefficient (Wildman–Crippen LogP) is 1.93. The van der Waals surface area contributed by atoms with E-state index in [4.69, 9.17) is 0 Å². The Hall–Kier alpha value is -2.36. The van der Waals surface area contributed by atoms with E-state index >= 15 is 0 Å². The van der Waals surface area contributed by atoms with E-state index in [1.54, 1.807) is 10.9 Å². The van der Waals surface area contributed by atoms with E-state index in [1.807, 2.05) is 43.7 Å². The molecule has 84 valence electrons. The first-order chi connectivity index (χ1) is 8.24. The van der Waals surface area contributed by atoms with E-state index in [2.05, 4.69) is 10.1 Å². The van der Waals surface area contributed by atoms with Crippen LogP contribution in [-0.2, 0) is 7.05 Å². The number of rotatable bonds is 1. The van der Waals surface area contributed by atoms with Crippen molar-refractivity contribution in [1.82, 2.24) is 14.8 Å². The fourth-order valence-corrected chi connectivity index (χ4v) is 1.94. The second kappa shape index (κ2) is 3.59. The molecule has 0 aliphatic heterocycles. The van der Waals surface area contributed by atoms with Gasteiger partial charge in [0.15, 0.2) is 0 Å². The highest BCUT2D eigenvalue weighted by Gasteiger charge is 2.03. The highest BCUT2D eigenvalue weighted by atomic mass is 16.1. The molecule has 0 spiro atoms. The molecule has 0 radical (unpaired) electrons. The van der Waals surface area contributed by atoms with Crippen molar-refractivity contribution >= 4 is 10.8 Å². The molecule has 0 bridgehead atoms. The van der Waals surface area contributed by atoms with Gasteiger partial charge in [0.25, 0.3) is 5.56 Å². The van der Waals surface area contributed by atoms with Crippen molar-refractivity contribution in [2.24, 2.45) is 7.05 Å². The van der Waals surface area contributed by atoms with Gasteiger partial charge in [-0.1, -0.05) is 6.07 Å². The van der Waals surface area contributed by atoms with Gasteiger partial charge < -0.3 is 4.98 Å². The van der Waals surface area contributed by atoms with E-state index in [-0.39, 0.29) is 5.56 Å². The number of aromatic nitrogens is 3. The molecule has 2 aromatic heterocycles. The van der Waals surface area contributed by atoms with Crippen LogP contribution in [0.3, 0.4) is 0 Å². The smallest absolute Gasteiger partial charge is 0.255 e. The molecule has 0 aliphatic carbocycles. The van der Waals surface area contributed by atoms with E-state index in [1.165, 1.54) is 0 Å². The molecule has 4 nitrogen and oxygen atoms in total. The Morgan fingerprint density at radius 1 is 1.24 bits per heavy atom. The molecular weight excluding hydrogens is 214 g/mol. The largest absolute Gasteiger partial charge is 0.329 e. The van der Waals surface area contributed by atoms with Gasteiger partial charge in [0.2, 0.25) is 0 Å². The Balaban J connectivity index is 2.24. The lowest BCUT2D eigenvalue weighted by Gasteiger charge is -2.00. The fourth-order valence-electron chi connectivity index (χ4n) is 1.94. The van der Waals surface area contributed by atoms with E-state index in [0.717, 1.165) is 16.5 Å². The number of nitrogens with zero attached hydrogens (tertiary/aromatic N) is 2. The Labute approximate surface area is 97.5 Å². The number of aromatic amines is 1. The summed E-state index contributed by atoms with van der Waals surface area (Å²) in [4.78, 5) is 14.2. The summed E-state index contributed by atoms with van der Waals surface area (Å²) in [7, 11) is 1.88. The van der Waals surface area contributed by atoms with Crippen LogP contribution in [0.1, 0.15) is 0 Å². The van der Waals surface area contributed by atoms with Crippen LogP contribution in [0, 0.1) is 0 Å². The molecule has 1 N–H and O–H groups in total. The third-order valence-electron chi connectivity index (χ3n) is 2.81. The minimum Gasteiger partial charge on any atom is -0.329 e. The summed E-state index contributed by atoms with van der Waals surface area (Å²) >= 11 is 0. The van der Waals surface area contributed by atoms with E-state index < -0.39 is 0 Å². The number of nitrogens with one attached hydrogen (secondary N) is 1. The predicted molar refractivity (Wildman–Crippen MR) is 66.8 cm³/mol. The van der Waals surface area contributed by atoms with Crippen molar-refractivity contribution in [1.29, 1.82) is 0 Å².